The number of aromatic nitrogens is 2. The first-order valence-corrected chi connectivity index (χ1v) is 5.48. The van der Waals surface area contributed by atoms with E-state index in [1.54, 1.807) is 0 Å². The van der Waals surface area contributed by atoms with Gasteiger partial charge >= 0.3 is 6.18 Å². The fourth-order valence-corrected chi connectivity index (χ4v) is 1.72. The molecule has 1 aromatic carbocycles. The molecule has 0 amide bonds. The van der Waals surface area contributed by atoms with Crippen LogP contribution in [0.4, 0.5) is 23.2 Å². The van der Waals surface area contributed by atoms with Crippen molar-refractivity contribution in [3.05, 3.63) is 35.4 Å². The molecule has 0 saturated carbocycles. The summed E-state index contributed by atoms with van der Waals surface area (Å²) in [6, 6.07) is 2.26. The lowest BCUT2D eigenvalue weighted by molar-refractivity contribution is -0.142. The Kier molecular flexibility index (Phi) is 3.40. The molecule has 0 aliphatic heterocycles. The van der Waals surface area contributed by atoms with E-state index in [1.807, 2.05) is 0 Å². The number of rotatable bonds is 2. The molecule has 8 heteroatoms. The normalized spacial score (nSPS) is 11.8. The van der Waals surface area contributed by atoms with Gasteiger partial charge < -0.3 is 5.73 Å². The topological polar surface area (TPSA) is 43.8 Å². The summed E-state index contributed by atoms with van der Waals surface area (Å²) in [5.74, 6) is -0.673. The Bertz CT molecular complexity index is 606. The maximum Gasteiger partial charge on any atom is 0.408 e. The Morgan fingerprint density at radius 2 is 2.00 bits per heavy atom. The number of nitrogens with two attached hydrogens (primary N) is 1. The molecule has 19 heavy (non-hydrogen) atoms. The van der Waals surface area contributed by atoms with Crippen LogP contribution in [0.5, 0.6) is 0 Å². The van der Waals surface area contributed by atoms with Gasteiger partial charge in [-0.15, -0.1) is 0 Å². The molecule has 1 heterocycles. The molecular formula is C11H8ClF4N3. The summed E-state index contributed by atoms with van der Waals surface area (Å²) in [5.41, 5.74) is 5.72. The first-order valence-electron chi connectivity index (χ1n) is 5.10. The van der Waals surface area contributed by atoms with E-state index >= 15 is 0 Å². The third-order valence-electron chi connectivity index (χ3n) is 2.37. The lowest BCUT2D eigenvalue weighted by atomic mass is 10.1. The minimum Gasteiger partial charge on any atom is -0.397 e. The zero-order valence-corrected chi connectivity index (χ0v) is 10.1. The molecule has 2 N–H and O–H groups in total. The fraction of sp³-hybridized carbons (Fsp3) is 0.182. The average molecular weight is 294 g/mol. The van der Waals surface area contributed by atoms with Gasteiger partial charge in [-0.3, -0.25) is 4.68 Å². The molecule has 0 unspecified atom stereocenters. The van der Waals surface area contributed by atoms with Crippen LogP contribution in [0.2, 0.25) is 5.02 Å². The highest BCUT2D eigenvalue weighted by molar-refractivity contribution is 6.33. The molecule has 1 aromatic heterocycles. The van der Waals surface area contributed by atoms with Gasteiger partial charge in [-0.2, -0.15) is 18.3 Å². The van der Waals surface area contributed by atoms with E-state index in [0.717, 1.165) is 18.5 Å². The summed E-state index contributed by atoms with van der Waals surface area (Å²) in [7, 11) is 0. The largest absolute Gasteiger partial charge is 0.408 e. The van der Waals surface area contributed by atoms with Crippen LogP contribution >= 0.6 is 11.6 Å². The molecule has 0 saturated heterocycles. The first-order chi connectivity index (χ1) is 8.76. The van der Waals surface area contributed by atoms with Gasteiger partial charge in [0.15, 0.2) is 0 Å². The lowest BCUT2D eigenvalue weighted by Gasteiger charge is -2.06. The fourth-order valence-electron chi connectivity index (χ4n) is 1.56. The van der Waals surface area contributed by atoms with Crippen LogP contribution in [0.1, 0.15) is 0 Å². The summed E-state index contributed by atoms with van der Waals surface area (Å²) in [6.45, 7) is -1.24. The summed E-state index contributed by atoms with van der Waals surface area (Å²) in [6.07, 6.45) is -2.16. The van der Waals surface area contributed by atoms with Crippen LogP contribution in [0, 0.1) is 5.82 Å². The molecule has 102 valence electrons. The average Bonchev–Trinajstić information content (AvgIpc) is 2.69. The van der Waals surface area contributed by atoms with Crippen molar-refractivity contribution in [1.82, 2.24) is 9.78 Å². The van der Waals surface area contributed by atoms with Crippen LogP contribution < -0.4 is 5.73 Å². The number of hydrogen-bond donors (Lipinski definition) is 1. The van der Waals surface area contributed by atoms with Crippen LogP contribution in [0.25, 0.3) is 11.1 Å². The van der Waals surface area contributed by atoms with Crippen LogP contribution in [-0.4, -0.2) is 16.0 Å². The Labute approximate surface area is 110 Å². The van der Waals surface area contributed by atoms with Gasteiger partial charge in [0, 0.05) is 17.3 Å². The molecule has 3 nitrogen and oxygen atoms in total. The molecule has 0 aliphatic rings. The van der Waals surface area contributed by atoms with Gasteiger partial charge in [-0.1, -0.05) is 11.6 Å². The SMILES string of the molecule is Nc1cc(F)c(-c2cnn(CC(F)(F)F)c2)cc1Cl. The van der Waals surface area contributed by atoms with Gasteiger partial charge in [-0.05, 0) is 12.1 Å². The standard InChI is InChI=1S/C11H8ClF4N3/c12-8-1-7(9(13)2-10(8)17)6-3-18-19(4-6)5-11(14,15)16/h1-4H,5,17H2. The van der Waals surface area contributed by atoms with E-state index in [4.69, 9.17) is 17.3 Å². The Morgan fingerprint density at radius 1 is 1.32 bits per heavy atom. The maximum absolute atomic E-state index is 13.7. The molecule has 0 radical (unpaired) electrons. The second kappa shape index (κ2) is 4.73. The lowest BCUT2D eigenvalue weighted by Crippen LogP contribution is -2.17. The van der Waals surface area contributed by atoms with Crippen LogP contribution in [0.15, 0.2) is 24.5 Å². The predicted octanol–water partition coefficient (Wildman–Crippen LogP) is 3.49. The summed E-state index contributed by atoms with van der Waals surface area (Å²) in [5, 5.41) is 3.65. The molecule has 0 fully saturated rings. The number of anilines is 1. The molecule has 0 spiro atoms. The molecule has 0 aliphatic carbocycles. The Hall–Kier alpha value is -1.76. The quantitative estimate of drug-likeness (QED) is 0.680. The van der Waals surface area contributed by atoms with E-state index in [9.17, 15) is 17.6 Å². The monoisotopic (exact) mass is 293 g/mol. The Balaban J connectivity index is 2.36. The highest BCUT2D eigenvalue weighted by Gasteiger charge is 2.28. The van der Waals surface area contributed by atoms with Gasteiger partial charge in [0.1, 0.15) is 12.4 Å². The van der Waals surface area contributed by atoms with E-state index in [0.29, 0.717) is 4.68 Å². The van der Waals surface area contributed by atoms with Crippen molar-refractivity contribution in [1.29, 1.82) is 0 Å². The number of benzene rings is 1. The highest BCUT2D eigenvalue weighted by atomic mass is 35.5. The Morgan fingerprint density at radius 3 is 2.63 bits per heavy atom. The molecule has 2 rings (SSSR count). The van der Waals surface area contributed by atoms with Gasteiger partial charge in [0.2, 0.25) is 0 Å². The predicted molar refractivity (Wildman–Crippen MR) is 63.1 cm³/mol. The summed E-state index contributed by atoms with van der Waals surface area (Å²) in [4.78, 5) is 0. The zero-order valence-electron chi connectivity index (χ0n) is 9.38. The third kappa shape index (κ3) is 3.17. The summed E-state index contributed by atoms with van der Waals surface area (Å²) >= 11 is 5.75. The highest BCUT2D eigenvalue weighted by Crippen LogP contribution is 2.30. The van der Waals surface area contributed by atoms with E-state index in [1.165, 1.54) is 6.07 Å². The van der Waals surface area contributed by atoms with Crippen molar-refractivity contribution in [2.24, 2.45) is 0 Å². The van der Waals surface area contributed by atoms with Crippen LogP contribution in [0.3, 0.4) is 0 Å². The molecule has 0 bridgehead atoms. The number of alkyl halides is 3. The second-order valence-electron chi connectivity index (χ2n) is 3.90. The molecular weight excluding hydrogens is 286 g/mol. The minimum absolute atomic E-state index is 0.0487. The van der Waals surface area contributed by atoms with E-state index in [2.05, 4.69) is 5.10 Å². The van der Waals surface area contributed by atoms with Crippen molar-refractivity contribution in [2.45, 2.75) is 12.7 Å². The van der Waals surface area contributed by atoms with Crippen molar-refractivity contribution >= 4 is 17.3 Å². The molecule has 2 aromatic rings. The van der Waals surface area contributed by atoms with Crippen molar-refractivity contribution in [3.8, 4) is 11.1 Å². The van der Waals surface area contributed by atoms with Gasteiger partial charge in [0.25, 0.3) is 0 Å². The van der Waals surface area contributed by atoms with E-state index in [-0.39, 0.29) is 21.8 Å². The minimum atomic E-state index is -4.39. The van der Waals surface area contributed by atoms with E-state index < -0.39 is 18.5 Å². The van der Waals surface area contributed by atoms with Crippen molar-refractivity contribution in [3.63, 3.8) is 0 Å². The van der Waals surface area contributed by atoms with Crippen molar-refractivity contribution < 1.29 is 17.6 Å². The first kappa shape index (κ1) is 13.7. The third-order valence-corrected chi connectivity index (χ3v) is 2.70. The number of halogens is 5. The zero-order chi connectivity index (χ0) is 14.2. The smallest absolute Gasteiger partial charge is 0.397 e. The maximum atomic E-state index is 13.7. The van der Waals surface area contributed by atoms with Crippen molar-refractivity contribution in [2.75, 3.05) is 5.73 Å². The van der Waals surface area contributed by atoms with Crippen LogP contribution in [-0.2, 0) is 6.54 Å². The number of nitrogen functional groups attached to an aromatic ring is 1. The molecule has 0 atom stereocenters. The second-order valence-corrected chi connectivity index (χ2v) is 4.30. The number of hydrogen-bond acceptors (Lipinski definition) is 2. The van der Waals surface area contributed by atoms with Gasteiger partial charge in [-0.25, -0.2) is 4.39 Å². The number of nitrogens with zero attached hydrogens (tertiary/aromatic N) is 2. The van der Waals surface area contributed by atoms with Gasteiger partial charge in [0.05, 0.1) is 16.9 Å². The summed E-state index contributed by atoms with van der Waals surface area (Å²) < 4.78 is 50.9.